The molecule has 24 atom stereocenters. The average molecular weight is 847 g/mol. The van der Waals surface area contributed by atoms with E-state index in [0.717, 1.165) is 0 Å². The van der Waals surface area contributed by atoms with Gasteiger partial charge in [0.15, 0.2) is 25.2 Å². The summed E-state index contributed by atoms with van der Waals surface area (Å²) in [6.45, 7) is -4.64. The van der Waals surface area contributed by atoms with E-state index in [4.69, 9.17) is 48.1 Å². The second-order valence-electron chi connectivity index (χ2n) is 13.9. The fraction of sp³-hybridized carbons (Fsp3) is 1.00. The highest BCUT2D eigenvalue weighted by Crippen LogP contribution is 2.36. The summed E-state index contributed by atoms with van der Waals surface area (Å²) in [4.78, 5) is 0. The molecule has 0 bridgehead atoms. The van der Waals surface area contributed by atoms with Crippen LogP contribution in [0.25, 0.3) is 0 Å². The first-order valence-electron chi connectivity index (χ1n) is 17.6. The van der Waals surface area contributed by atoms with Gasteiger partial charge in [0.2, 0.25) is 5.79 Å². The lowest BCUT2D eigenvalue weighted by molar-refractivity contribution is -0.383. The zero-order chi connectivity index (χ0) is 42.7. The van der Waals surface area contributed by atoms with Gasteiger partial charge in [-0.3, -0.25) is 0 Å². The van der Waals surface area contributed by atoms with Crippen LogP contribution in [0.3, 0.4) is 0 Å². The van der Waals surface area contributed by atoms with Crippen LogP contribution in [0.4, 0.5) is 0 Å². The van der Waals surface area contributed by atoms with Crippen molar-refractivity contribution in [3.8, 4) is 0 Å². The Labute approximate surface area is 321 Å². The average Bonchev–Trinajstić information content (AvgIpc) is 3.45. The van der Waals surface area contributed by atoms with Crippen LogP contribution >= 0.6 is 0 Å². The molecule has 0 saturated carbocycles. The maximum absolute atomic E-state index is 10.6. The van der Waals surface area contributed by atoms with Gasteiger partial charge in [-0.05, 0) is 0 Å². The van der Waals surface area contributed by atoms with Crippen LogP contribution in [-0.2, 0) is 37.9 Å². The number of aliphatic hydroxyl groups excluding tert-OH is 19. The molecule has 0 radical (unpaired) electrons. The van der Waals surface area contributed by atoms with Crippen LogP contribution in [-0.4, -0.2) is 284 Å². The van der Waals surface area contributed by atoms with Crippen molar-refractivity contribution in [1.82, 2.24) is 0 Å². The molecule has 0 aromatic carbocycles. The molecule has 0 amide bonds. The van der Waals surface area contributed by atoms with E-state index in [1.165, 1.54) is 0 Å². The van der Waals surface area contributed by atoms with E-state index in [9.17, 15) is 86.8 Å². The fourth-order valence-corrected chi connectivity index (χ4v) is 6.69. The van der Waals surface area contributed by atoms with Gasteiger partial charge in [-0.2, -0.15) is 0 Å². The van der Waals surface area contributed by atoms with Gasteiger partial charge < -0.3 is 135 Å². The summed E-state index contributed by atoms with van der Waals surface area (Å²) >= 11 is 0. The maximum Gasteiger partial charge on any atom is 0.224 e. The van der Waals surface area contributed by atoms with E-state index in [-0.39, 0.29) is 0 Å². The Morgan fingerprint density at radius 1 is 0.368 bits per heavy atom. The number of hydrogen-bond donors (Lipinski definition) is 19. The Bertz CT molecular complexity index is 1200. The molecule has 5 saturated heterocycles. The normalized spacial score (nSPS) is 51.9. The van der Waals surface area contributed by atoms with E-state index < -0.39 is 187 Å². The van der Waals surface area contributed by atoms with Crippen molar-refractivity contribution in [1.29, 1.82) is 0 Å². The van der Waals surface area contributed by atoms with Gasteiger partial charge in [0.25, 0.3) is 0 Å². The molecule has 5 heterocycles. The van der Waals surface area contributed by atoms with Crippen molar-refractivity contribution < 1.29 is 135 Å². The van der Waals surface area contributed by atoms with E-state index in [0.29, 0.717) is 0 Å². The SMILES string of the molecule is OC[C@H]1OC(CO)(O[C@H]2O[C@H](CO)[C@@H](O)[C@H](O)[C@H]2O)[C@@H](O)[C@@H]1O.OC[C@H]1OC(O[C@H]2[C@H](O)C(O)C(O[C@H]3C(O)C(O)C(O)O[C@@H]3CO)O[C@@H]2CO)[C@H](O)[C@@H](O)[C@@H]1O. The quantitative estimate of drug-likeness (QED) is 0.0867. The summed E-state index contributed by atoms with van der Waals surface area (Å²) in [7, 11) is 0. The molecule has 0 spiro atoms. The Morgan fingerprint density at radius 3 is 1.19 bits per heavy atom. The van der Waals surface area contributed by atoms with Gasteiger partial charge >= 0.3 is 0 Å². The smallest absolute Gasteiger partial charge is 0.224 e. The van der Waals surface area contributed by atoms with Gasteiger partial charge in [0.05, 0.1) is 33.0 Å². The minimum Gasteiger partial charge on any atom is -0.394 e. The van der Waals surface area contributed by atoms with Crippen molar-refractivity contribution in [2.75, 3.05) is 39.6 Å². The Balaban J connectivity index is 0.000000273. The minimum atomic E-state index is -2.22. The first kappa shape index (κ1) is 48.6. The van der Waals surface area contributed by atoms with Crippen molar-refractivity contribution in [3.63, 3.8) is 0 Å². The summed E-state index contributed by atoms with van der Waals surface area (Å²) in [5, 5.41) is 186. The molecular formula is C30H54O27. The van der Waals surface area contributed by atoms with E-state index in [1.54, 1.807) is 0 Å². The van der Waals surface area contributed by atoms with Crippen LogP contribution in [0.1, 0.15) is 0 Å². The van der Waals surface area contributed by atoms with Gasteiger partial charge in [-0.1, -0.05) is 0 Å². The first-order valence-corrected chi connectivity index (χ1v) is 17.6. The van der Waals surface area contributed by atoms with Gasteiger partial charge in [0, 0.05) is 0 Å². The molecule has 27 heteroatoms. The molecule has 5 aliphatic heterocycles. The highest BCUT2D eigenvalue weighted by molar-refractivity contribution is 4.99. The number of aliphatic hydroxyl groups is 19. The summed E-state index contributed by atoms with van der Waals surface area (Å²) in [6, 6.07) is 0. The fourth-order valence-electron chi connectivity index (χ4n) is 6.69. The number of hydrogen-bond acceptors (Lipinski definition) is 27. The van der Waals surface area contributed by atoms with Crippen LogP contribution < -0.4 is 0 Å². The lowest BCUT2D eigenvalue weighted by Gasteiger charge is -2.47. The second-order valence-corrected chi connectivity index (χ2v) is 13.9. The highest BCUT2D eigenvalue weighted by atomic mass is 16.8. The van der Waals surface area contributed by atoms with Gasteiger partial charge in [-0.25, -0.2) is 0 Å². The summed E-state index contributed by atoms with van der Waals surface area (Å²) in [5.41, 5.74) is 0. The first-order chi connectivity index (χ1) is 26.9. The second kappa shape index (κ2) is 20.7. The van der Waals surface area contributed by atoms with Gasteiger partial charge in [0.1, 0.15) is 123 Å². The number of ether oxygens (including phenoxy) is 8. The third kappa shape index (κ3) is 10.0. The Hall–Kier alpha value is -1.08. The van der Waals surface area contributed by atoms with Crippen molar-refractivity contribution >= 4 is 0 Å². The van der Waals surface area contributed by atoms with Crippen LogP contribution in [0.15, 0.2) is 0 Å². The zero-order valence-corrected chi connectivity index (χ0v) is 29.8. The molecule has 7 unspecified atom stereocenters. The molecule has 19 N–H and O–H groups in total. The maximum atomic E-state index is 10.6. The number of rotatable bonds is 12. The monoisotopic (exact) mass is 846 g/mol. The predicted octanol–water partition coefficient (Wildman–Crippen LogP) is -13.0. The highest BCUT2D eigenvalue weighted by Gasteiger charge is 2.59. The van der Waals surface area contributed by atoms with Crippen molar-refractivity contribution in [3.05, 3.63) is 0 Å². The predicted molar refractivity (Wildman–Crippen MR) is 170 cm³/mol. The topological polar surface area (TPSA) is 458 Å². The third-order valence-electron chi connectivity index (χ3n) is 10.2. The van der Waals surface area contributed by atoms with Gasteiger partial charge in [-0.15, -0.1) is 0 Å². The summed E-state index contributed by atoms with van der Waals surface area (Å²) in [5.74, 6) is -2.22. The third-order valence-corrected chi connectivity index (χ3v) is 10.2. The Morgan fingerprint density at radius 2 is 0.754 bits per heavy atom. The van der Waals surface area contributed by atoms with E-state index >= 15 is 0 Å². The van der Waals surface area contributed by atoms with Crippen LogP contribution in [0.5, 0.6) is 0 Å². The van der Waals surface area contributed by atoms with Crippen molar-refractivity contribution in [2.45, 2.75) is 147 Å². The summed E-state index contributed by atoms with van der Waals surface area (Å²) < 4.78 is 41.8. The summed E-state index contributed by atoms with van der Waals surface area (Å²) in [6.07, 6.45) is -37.8. The van der Waals surface area contributed by atoms with Crippen molar-refractivity contribution in [2.24, 2.45) is 0 Å². The zero-order valence-electron chi connectivity index (χ0n) is 29.8. The molecule has 0 aromatic rings. The molecule has 27 nitrogen and oxygen atoms in total. The van der Waals surface area contributed by atoms with Crippen LogP contribution in [0, 0.1) is 0 Å². The molecule has 5 fully saturated rings. The molecule has 5 aliphatic rings. The molecule has 57 heavy (non-hydrogen) atoms. The van der Waals surface area contributed by atoms with E-state index in [2.05, 4.69) is 0 Å². The minimum absolute atomic E-state index is 0.669. The molecule has 0 aromatic heterocycles. The standard InChI is InChI=1S/C18H32O16.C12H22O11/c19-1-4-7(22)8(23)12(27)17(31-4)34-15-6(3-21)32-18(13(28)10(15)25)33-14-5(2-20)30-16(29)11(26)9(14)24;13-1-4-6(16)8(18)9(19)11(21-4)23-12(3-15)10(20)7(17)5(2-14)22-12/h4-29H,1-3H2;4-11,13-20H,1-3H2/t4-,5-,6-,7-,8+,9?,10-,11?,12-,13?,14-,15-,16?,17?,18?;4-,5-,6-,7-,8+,9-,10+,11-,12?/m11/s1. The molecule has 5 rings (SSSR count). The Kier molecular flexibility index (Phi) is 17.6. The lowest BCUT2D eigenvalue weighted by atomic mass is 9.96. The van der Waals surface area contributed by atoms with E-state index in [1.807, 2.05) is 0 Å². The van der Waals surface area contributed by atoms with Crippen LogP contribution in [0.2, 0.25) is 0 Å². The largest absolute Gasteiger partial charge is 0.394 e. The molecular weight excluding hydrogens is 792 g/mol. The molecule has 336 valence electrons. The molecule has 0 aliphatic carbocycles. The lowest BCUT2D eigenvalue weighted by Crippen LogP contribution is -2.66.